The van der Waals surface area contributed by atoms with Crippen molar-refractivity contribution in [1.82, 2.24) is 0 Å². The molecule has 0 heterocycles. The SMILES string of the molecule is O=CC[C@@H](O)[C@@H](O)[C@H](O)CO.O=P(O)(O)O. The van der Waals surface area contributed by atoms with E-state index < -0.39 is 32.7 Å². The second-order valence-electron chi connectivity index (χ2n) is 2.72. The first-order valence-corrected chi connectivity index (χ1v) is 5.57. The summed E-state index contributed by atoms with van der Waals surface area (Å²) in [4.78, 5) is 31.4. The molecule has 16 heavy (non-hydrogen) atoms. The number of aliphatic hydroxyl groups is 4. The Morgan fingerprint density at radius 2 is 1.44 bits per heavy atom. The Morgan fingerprint density at radius 3 is 1.69 bits per heavy atom. The summed E-state index contributed by atoms with van der Waals surface area (Å²) in [6, 6.07) is 0. The molecule has 0 spiro atoms. The molecule has 98 valence electrons. The van der Waals surface area contributed by atoms with Gasteiger partial charge in [-0.15, -0.1) is 0 Å². The second-order valence-corrected chi connectivity index (χ2v) is 3.75. The summed E-state index contributed by atoms with van der Waals surface area (Å²) < 4.78 is 8.88. The van der Waals surface area contributed by atoms with Crippen LogP contribution in [0.25, 0.3) is 0 Å². The van der Waals surface area contributed by atoms with Crippen molar-refractivity contribution in [3.05, 3.63) is 0 Å². The van der Waals surface area contributed by atoms with Crippen molar-refractivity contribution < 1.29 is 44.5 Å². The van der Waals surface area contributed by atoms with E-state index in [1.807, 2.05) is 0 Å². The Bertz CT molecular complexity index is 218. The van der Waals surface area contributed by atoms with E-state index in [-0.39, 0.29) is 6.42 Å². The normalized spacial score (nSPS) is 16.7. The van der Waals surface area contributed by atoms with Gasteiger partial charge in [0.05, 0.1) is 12.7 Å². The maximum Gasteiger partial charge on any atom is 0.466 e. The number of hydrogen-bond acceptors (Lipinski definition) is 6. The molecule has 9 nitrogen and oxygen atoms in total. The lowest BCUT2D eigenvalue weighted by atomic mass is 10.1. The average Bonchev–Trinajstić information content (AvgIpc) is 2.13. The fourth-order valence-corrected chi connectivity index (χ4v) is 0.602. The van der Waals surface area contributed by atoms with E-state index in [1.165, 1.54) is 0 Å². The number of carbonyl (C=O) groups excluding carboxylic acids is 1. The van der Waals surface area contributed by atoms with Gasteiger partial charge in [-0.1, -0.05) is 0 Å². The molecule has 0 fully saturated rings. The van der Waals surface area contributed by atoms with Crippen LogP contribution in [0.4, 0.5) is 0 Å². The average molecular weight is 262 g/mol. The summed E-state index contributed by atoms with van der Waals surface area (Å²) in [6.07, 6.45) is -4.00. The van der Waals surface area contributed by atoms with Crippen LogP contribution in [0.3, 0.4) is 0 Å². The molecule has 0 aliphatic rings. The van der Waals surface area contributed by atoms with Gasteiger partial charge < -0.3 is 39.9 Å². The van der Waals surface area contributed by atoms with Crippen molar-refractivity contribution in [2.24, 2.45) is 0 Å². The van der Waals surface area contributed by atoms with Crippen LogP contribution in [0.15, 0.2) is 0 Å². The van der Waals surface area contributed by atoms with Crippen molar-refractivity contribution in [2.75, 3.05) is 6.61 Å². The third kappa shape index (κ3) is 13.6. The molecule has 0 bridgehead atoms. The summed E-state index contributed by atoms with van der Waals surface area (Å²) in [5, 5.41) is 34.8. The van der Waals surface area contributed by atoms with Crippen molar-refractivity contribution in [3.63, 3.8) is 0 Å². The van der Waals surface area contributed by atoms with Crippen molar-refractivity contribution in [3.8, 4) is 0 Å². The molecule has 0 unspecified atom stereocenters. The van der Waals surface area contributed by atoms with Crippen LogP contribution in [0.2, 0.25) is 0 Å². The summed E-state index contributed by atoms with van der Waals surface area (Å²) in [5.41, 5.74) is 0. The standard InChI is InChI=1S/C6H12O5.H3O4P/c7-2-1-4(9)6(11)5(10)3-8;1-5(2,3)4/h2,4-6,8-11H,1,3H2;(H3,1,2,3,4)/t4-,5-,6-;/m1./s1. The Labute approximate surface area is 90.8 Å². The van der Waals surface area contributed by atoms with E-state index in [1.54, 1.807) is 0 Å². The lowest BCUT2D eigenvalue weighted by Gasteiger charge is -2.19. The van der Waals surface area contributed by atoms with Crippen LogP contribution < -0.4 is 0 Å². The van der Waals surface area contributed by atoms with Gasteiger partial charge in [0, 0.05) is 6.42 Å². The molecule has 0 aromatic rings. The number of phosphoric acid groups is 1. The van der Waals surface area contributed by atoms with Gasteiger partial charge in [0.15, 0.2) is 0 Å². The lowest BCUT2D eigenvalue weighted by Crippen LogP contribution is -2.39. The van der Waals surface area contributed by atoms with E-state index in [9.17, 15) is 4.79 Å². The van der Waals surface area contributed by atoms with E-state index in [4.69, 9.17) is 39.7 Å². The molecule has 0 aromatic carbocycles. The summed E-state index contributed by atoms with van der Waals surface area (Å²) in [7, 11) is -4.64. The molecule has 0 saturated carbocycles. The Kier molecular flexibility index (Phi) is 9.83. The van der Waals surface area contributed by atoms with Crippen LogP contribution >= 0.6 is 7.82 Å². The quantitative estimate of drug-likeness (QED) is 0.198. The van der Waals surface area contributed by atoms with Gasteiger partial charge in [-0.25, -0.2) is 4.57 Å². The first kappa shape index (κ1) is 18.0. The summed E-state index contributed by atoms with van der Waals surface area (Å²) in [5.74, 6) is 0. The zero-order chi connectivity index (χ0) is 13.4. The van der Waals surface area contributed by atoms with E-state index in [0.717, 1.165) is 0 Å². The van der Waals surface area contributed by atoms with Gasteiger partial charge in [0.25, 0.3) is 0 Å². The minimum absolute atomic E-state index is 0.252. The van der Waals surface area contributed by atoms with Crippen LogP contribution in [0.1, 0.15) is 6.42 Å². The number of aliphatic hydroxyl groups excluding tert-OH is 4. The van der Waals surface area contributed by atoms with Gasteiger partial charge in [-0.05, 0) is 0 Å². The maximum atomic E-state index is 9.82. The highest BCUT2D eigenvalue weighted by atomic mass is 31.2. The number of hydrogen-bond donors (Lipinski definition) is 7. The molecule has 0 amide bonds. The smallest absolute Gasteiger partial charge is 0.394 e. The summed E-state index contributed by atoms with van der Waals surface area (Å²) >= 11 is 0. The maximum absolute atomic E-state index is 9.82. The zero-order valence-electron chi connectivity index (χ0n) is 8.12. The van der Waals surface area contributed by atoms with Crippen LogP contribution in [0.5, 0.6) is 0 Å². The van der Waals surface area contributed by atoms with Gasteiger partial charge >= 0.3 is 7.82 Å². The van der Waals surface area contributed by atoms with E-state index in [0.29, 0.717) is 6.29 Å². The van der Waals surface area contributed by atoms with E-state index in [2.05, 4.69) is 0 Å². The van der Waals surface area contributed by atoms with Crippen LogP contribution in [-0.4, -0.2) is 66.3 Å². The molecular formula is C6H15O9P. The molecular weight excluding hydrogens is 247 g/mol. The van der Waals surface area contributed by atoms with E-state index >= 15 is 0 Å². The zero-order valence-corrected chi connectivity index (χ0v) is 9.01. The molecule has 0 radical (unpaired) electrons. The third-order valence-electron chi connectivity index (χ3n) is 1.31. The molecule has 10 heteroatoms. The summed E-state index contributed by atoms with van der Waals surface area (Å²) in [6.45, 7) is -0.642. The molecule has 0 rings (SSSR count). The predicted octanol–water partition coefficient (Wildman–Crippen LogP) is -3.28. The topological polar surface area (TPSA) is 176 Å². The second kappa shape index (κ2) is 8.74. The fourth-order valence-electron chi connectivity index (χ4n) is 0.602. The predicted molar refractivity (Wildman–Crippen MR) is 50.1 cm³/mol. The van der Waals surface area contributed by atoms with Gasteiger partial charge in [0.1, 0.15) is 18.5 Å². The molecule has 0 saturated heterocycles. The highest BCUT2D eigenvalue weighted by molar-refractivity contribution is 7.45. The molecule has 0 aliphatic carbocycles. The fraction of sp³-hybridized carbons (Fsp3) is 0.833. The van der Waals surface area contributed by atoms with Crippen molar-refractivity contribution in [1.29, 1.82) is 0 Å². The third-order valence-corrected chi connectivity index (χ3v) is 1.31. The lowest BCUT2D eigenvalue weighted by molar-refractivity contribution is -0.115. The highest BCUT2D eigenvalue weighted by Gasteiger charge is 2.23. The van der Waals surface area contributed by atoms with Gasteiger partial charge in [-0.3, -0.25) is 0 Å². The number of aldehydes is 1. The van der Waals surface area contributed by atoms with Crippen molar-refractivity contribution >= 4 is 14.1 Å². The van der Waals surface area contributed by atoms with Crippen LogP contribution in [-0.2, 0) is 9.36 Å². The molecule has 3 atom stereocenters. The Morgan fingerprint density at radius 1 is 1.06 bits per heavy atom. The number of rotatable bonds is 5. The molecule has 7 N–H and O–H groups in total. The first-order valence-electron chi connectivity index (χ1n) is 4.00. The van der Waals surface area contributed by atoms with Crippen LogP contribution in [0, 0.1) is 0 Å². The minimum atomic E-state index is -4.64. The number of carbonyl (C=O) groups is 1. The Hall–Kier alpha value is -0.380. The Balaban J connectivity index is 0. The minimum Gasteiger partial charge on any atom is -0.394 e. The monoisotopic (exact) mass is 262 g/mol. The largest absolute Gasteiger partial charge is 0.466 e. The molecule has 0 aliphatic heterocycles. The first-order chi connectivity index (χ1) is 7.13. The van der Waals surface area contributed by atoms with Gasteiger partial charge in [-0.2, -0.15) is 0 Å². The molecule has 0 aromatic heterocycles. The highest BCUT2D eigenvalue weighted by Crippen LogP contribution is 2.25. The van der Waals surface area contributed by atoms with Gasteiger partial charge in [0.2, 0.25) is 0 Å². The van der Waals surface area contributed by atoms with Crippen molar-refractivity contribution in [2.45, 2.75) is 24.7 Å².